The lowest BCUT2D eigenvalue weighted by Gasteiger charge is -2.21. The van der Waals surface area contributed by atoms with Gasteiger partial charge in [-0.3, -0.25) is 14.9 Å². The predicted octanol–water partition coefficient (Wildman–Crippen LogP) is 3.08. The Bertz CT molecular complexity index is 883. The van der Waals surface area contributed by atoms with Crippen LogP contribution in [-0.4, -0.2) is 23.8 Å². The van der Waals surface area contributed by atoms with Crippen molar-refractivity contribution in [2.45, 2.75) is 19.4 Å². The number of halogens is 2. The largest absolute Gasteiger partial charge is 0.326 e. The molecule has 134 valence electrons. The molecule has 1 atom stereocenters. The molecule has 0 radical (unpaired) electrons. The number of amides is 2. The number of nitrogens with one attached hydrogen (secondary N) is 3. The number of aryl methyl sites for hydroxylation is 1. The van der Waals surface area contributed by atoms with Gasteiger partial charge in [-0.25, -0.2) is 9.38 Å². The maximum Gasteiger partial charge on any atom is 0.249 e. The van der Waals surface area contributed by atoms with Gasteiger partial charge < -0.3 is 10.6 Å². The summed E-state index contributed by atoms with van der Waals surface area (Å²) >= 11 is 5.70. The molecule has 0 aliphatic carbocycles. The number of carbonyl (C=O) groups is 2. The van der Waals surface area contributed by atoms with E-state index in [1.807, 2.05) is 31.2 Å². The molecule has 0 fully saturated rings. The minimum Gasteiger partial charge on any atom is -0.326 e. The first-order valence-electron chi connectivity index (χ1n) is 7.88. The fourth-order valence-corrected chi connectivity index (χ4v) is 2.56. The highest BCUT2D eigenvalue weighted by Crippen LogP contribution is 2.20. The number of benzene rings is 2. The minimum atomic E-state index is -0.902. The van der Waals surface area contributed by atoms with Gasteiger partial charge in [-0.05, 0) is 37.3 Å². The molecular weight excluding hydrogens is 359 g/mol. The summed E-state index contributed by atoms with van der Waals surface area (Å²) in [6.07, 6.45) is -0.0835. The molecule has 8 heteroatoms. The van der Waals surface area contributed by atoms with E-state index >= 15 is 0 Å². The van der Waals surface area contributed by atoms with Crippen molar-refractivity contribution >= 4 is 40.7 Å². The van der Waals surface area contributed by atoms with Crippen LogP contribution in [0.1, 0.15) is 12.0 Å². The standard InChI is InChI=1S/C18H16ClFN4O2/c1-10-2-4-11(5-3-10)22-18-23-15(9-16(25)24-18)17(26)21-12-6-7-14(20)13(19)8-12/h2-8,15H,9H2,1H3,(H,21,26)(H2,22,23,24,25)/t15-/m1/s1. The second kappa shape index (κ2) is 7.53. The second-order valence-corrected chi connectivity index (χ2v) is 6.26. The van der Waals surface area contributed by atoms with E-state index in [1.165, 1.54) is 12.1 Å². The van der Waals surface area contributed by atoms with E-state index < -0.39 is 17.8 Å². The molecule has 3 N–H and O–H groups in total. The third kappa shape index (κ3) is 4.37. The number of anilines is 2. The van der Waals surface area contributed by atoms with Gasteiger partial charge in [-0.15, -0.1) is 0 Å². The van der Waals surface area contributed by atoms with E-state index in [-0.39, 0.29) is 23.3 Å². The highest BCUT2D eigenvalue weighted by Gasteiger charge is 2.27. The first-order chi connectivity index (χ1) is 12.4. The lowest BCUT2D eigenvalue weighted by Crippen LogP contribution is -2.45. The number of guanidine groups is 1. The van der Waals surface area contributed by atoms with E-state index in [0.717, 1.165) is 17.3 Å². The summed E-state index contributed by atoms with van der Waals surface area (Å²) in [6.45, 7) is 1.96. The van der Waals surface area contributed by atoms with Crippen molar-refractivity contribution in [3.63, 3.8) is 0 Å². The van der Waals surface area contributed by atoms with Gasteiger partial charge in [0.1, 0.15) is 11.9 Å². The number of rotatable bonds is 3. The van der Waals surface area contributed by atoms with Gasteiger partial charge in [-0.1, -0.05) is 29.3 Å². The first kappa shape index (κ1) is 17.9. The highest BCUT2D eigenvalue weighted by molar-refractivity contribution is 6.31. The van der Waals surface area contributed by atoms with Crippen LogP contribution in [0.5, 0.6) is 0 Å². The van der Waals surface area contributed by atoms with Gasteiger partial charge in [0.15, 0.2) is 0 Å². The lowest BCUT2D eigenvalue weighted by atomic mass is 10.1. The van der Waals surface area contributed by atoms with Crippen LogP contribution >= 0.6 is 11.6 Å². The van der Waals surface area contributed by atoms with Crippen molar-refractivity contribution < 1.29 is 14.0 Å². The molecule has 0 saturated heterocycles. The molecule has 26 heavy (non-hydrogen) atoms. The third-order valence-corrected chi connectivity index (χ3v) is 4.02. The SMILES string of the molecule is Cc1ccc(NC2=N[C@@H](C(=O)Nc3ccc(F)c(Cl)c3)CC(=O)N2)cc1. The zero-order valence-corrected chi connectivity index (χ0v) is 14.6. The van der Waals surface area contributed by atoms with Gasteiger partial charge in [0.05, 0.1) is 11.4 Å². The van der Waals surface area contributed by atoms with E-state index in [2.05, 4.69) is 20.9 Å². The molecule has 1 aliphatic heterocycles. The van der Waals surface area contributed by atoms with Gasteiger partial charge >= 0.3 is 0 Å². The monoisotopic (exact) mass is 374 g/mol. The molecule has 1 heterocycles. The summed E-state index contributed by atoms with van der Waals surface area (Å²) in [5.41, 5.74) is 2.16. The lowest BCUT2D eigenvalue weighted by molar-refractivity contribution is -0.124. The number of aliphatic imine (C=N–C) groups is 1. The van der Waals surface area contributed by atoms with Crippen molar-refractivity contribution in [3.05, 3.63) is 58.9 Å². The Labute approximate surface area is 154 Å². The molecule has 6 nitrogen and oxygen atoms in total. The molecule has 0 bridgehead atoms. The average molecular weight is 375 g/mol. The van der Waals surface area contributed by atoms with Crippen molar-refractivity contribution in [3.8, 4) is 0 Å². The second-order valence-electron chi connectivity index (χ2n) is 5.85. The van der Waals surface area contributed by atoms with Crippen LogP contribution in [0.15, 0.2) is 47.5 Å². The molecule has 0 saturated carbocycles. The number of nitrogens with zero attached hydrogens (tertiary/aromatic N) is 1. The van der Waals surface area contributed by atoms with Crippen LogP contribution < -0.4 is 16.0 Å². The van der Waals surface area contributed by atoms with Gasteiger partial charge in [-0.2, -0.15) is 0 Å². The fourth-order valence-electron chi connectivity index (χ4n) is 2.38. The minimum absolute atomic E-state index is 0.0835. The number of hydrogen-bond donors (Lipinski definition) is 3. The van der Waals surface area contributed by atoms with E-state index in [1.54, 1.807) is 0 Å². The third-order valence-electron chi connectivity index (χ3n) is 3.73. The Morgan fingerprint density at radius 3 is 2.62 bits per heavy atom. The van der Waals surface area contributed by atoms with E-state index in [0.29, 0.717) is 5.69 Å². The average Bonchev–Trinajstić information content (AvgIpc) is 2.60. The van der Waals surface area contributed by atoms with Crippen LogP contribution in [0.3, 0.4) is 0 Å². The maximum atomic E-state index is 13.2. The fraction of sp³-hybridized carbons (Fsp3) is 0.167. The Morgan fingerprint density at radius 2 is 1.92 bits per heavy atom. The van der Waals surface area contributed by atoms with Crippen LogP contribution in [0, 0.1) is 12.7 Å². The molecule has 2 aromatic rings. The Morgan fingerprint density at radius 1 is 1.23 bits per heavy atom. The molecular formula is C18H16ClFN4O2. The Hall–Kier alpha value is -2.93. The molecule has 3 rings (SSSR count). The van der Waals surface area contributed by atoms with Crippen LogP contribution in [-0.2, 0) is 9.59 Å². The van der Waals surface area contributed by atoms with Crippen molar-refractivity contribution in [1.29, 1.82) is 0 Å². The normalized spacial score (nSPS) is 16.5. The van der Waals surface area contributed by atoms with Crippen molar-refractivity contribution in [2.75, 3.05) is 10.6 Å². The van der Waals surface area contributed by atoms with E-state index in [4.69, 9.17) is 11.6 Å². The molecule has 1 aliphatic rings. The summed E-state index contributed by atoms with van der Waals surface area (Å²) < 4.78 is 13.2. The molecule has 0 unspecified atom stereocenters. The van der Waals surface area contributed by atoms with Gasteiger partial charge in [0.2, 0.25) is 17.8 Å². The zero-order chi connectivity index (χ0) is 18.7. The summed E-state index contributed by atoms with van der Waals surface area (Å²) in [5, 5.41) is 8.05. The molecule has 0 spiro atoms. The number of hydrogen-bond acceptors (Lipinski definition) is 4. The predicted molar refractivity (Wildman–Crippen MR) is 98.8 cm³/mol. The summed E-state index contributed by atoms with van der Waals surface area (Å²) in [5.74, 6) is -1.19. The van der Waals surface area contributed by atoms with Gasteiger partial charge in [0, 0.05) is 11.4 Å². The van der Waals surface area contributed by atoms with Crippen molar-refractivity contribution in [1.82, 2.24) is 5.32 Å². The summed E-state index contributed by atoms with van der Waals surface area (Å²) in [7, 11) is 0. The molecule has 2 aromatic carbocycles. The highest BCUT2D eigenvalue weighted by atomic mass is 35.5. The number of carbonyl (C=O) groups excluding carboxylic acids is 2. The van der Waals surface area contributed by atoms with E-state index in [9.17, 15) is 14.0 Å². The zero-order valence-electron chi connectivity index (χ0n) is 13.8. The first-order valence-corrected chi connectivity index (χ1v) is 8.26. The molecule has 2 amide bonds. The van der Waals surface area contributed by atoms with Gasteiger partial charge in [0.25, 0.3) is 0 Å². The maximum absolute atomic E-state index is 13.2. The van der Waals surface area contributed by atoms with Crippen LogP contribution in [0.4, 0.5) is 15.8 Å². The van der Waals surface area contributed by atoms with Crippen molar-refractivity contribution in [2.24, 2.45) is 4.99 Å². The Kier molecular flexibility index (Phi) is 5.18. The smallest absolute Gasteiger partial charge is 0.249 e. The molecule has 0 aromatic heterocycles. The topological polar surface area (TPSA) is 82.6 Å². The van der Waals surface area contributed by atoms with Crippen LogP contribution in [0.25, 0.3) is 0 Å². The Balaban J connectivity index is 1.73. The summed E-state index contributed by atoms with van der Waals surface area (Å²) in [4.78, 5) is 28.5. The summed E-state index contributed by atoms with van der Waals surface area (Å²) in [6, 6.07) is 10.4. The van der Waals surface area contributed by atoms with Crippen LogP contribution in [0.2, 0.25) is 5.02 Å². The quantitative estimate of drug-likeness (QED) is 0.772.